The molecule has 1 saturated carbocycles. The molecule has 0 aromatic carbocycles. The molecule has 2 heterocycles. The molecule has 0 bridgehead atoms. The second-order valence-corrected chi connectivity index (χ2v) is 6.33. The fraction of sp³-hybridized carbons (Fsp3) is 0.600. The molecule has 2 fully saturated rings. The number of aromatic nitrogens is 2. The van der Waals surface area contributed by atoms with Crippen LogP contribution in [0.2, 0.25) is 0 Å². The Hall–Kier alpha value is -2.72. The summed E-state index contributed by atoms with van der Waals surface area (Å²) in [7, 11) is 1.57. The van der Waals surface area contributed by atoms with Gasteiger partial charge in [0.25, 0.3) is 5.91 Å². The molecule has 1 aliphatic heterocycles. The molecule has 9 nitrogen and oxygen atoms in total. The van der Waals surface area contributed by atoms with Gasteiger partial charge in [-0.15, -0.1) is 0 Å². The lowest BCUT2D eigenvalue weighted by Crippen LogP contribution is -2.58. The SMILES string of the molecule is CN(C(=O)c1ccn(C(F)F)n1)C1CC(NC(=O)C2CCOC(=O)N2)C1. The van der Waals surface area contributed by atoms with Crippen molar-refractivity contribution >= 4 is 17.9 Å². The third kappa shape index (κ3) is 3.75. The van der Waals surface area contributed by atoms with Crippen molar-refractivity contribution in [2.24, 2.45) is 0 Å². The number of hydrogen-bond donors (Lipinski definition) is 2. The zero-order valence-electron chi connectivity index (χ0n) is 14.0. The third-order valence-electron chi connectivity index (χ3n) is 4.60. The summed E-state index contributed by atoms with van der Waals surface area (Å²) in [5.41, 5.74) is -0.0507. The van der Waals surface area contributed by atoms with Gasteiger partial charge in [0.2, 0.25) is 5.91 Å². The van der Waals surface area contributed by atoms with Crippen LogP contribution in [0.15, 0.2) is 12.3 Å². The first-order valence-corrected chi connectivity index (χ1v) is 8.19. The topological polar surface area (TPSA) is 106 Å². The molecule has 11 heteroatoms. The summed E-state index contributed by atoms with van der Waals surface area (Å²) in [4.78, 5) is 37.0. The highest BCUT2D eigenvalue weighted by Crippen LogP contribution is 2.26. The zero-order valence-corrected chi connectivity index (χ0v) is 14.0. The van der Waals surface area contributed by atoms with Gasteiger partial charge in [-0.2, -0.15) is 13.9 Å². The van der Waals surface area contributed by atoms with Crippen LogP contribution in [0.3, 0.4) is 0 Å². The molecule has 1 saturated heterocycles. The zero-order chi connectivity index (χ0) is 18.8. The molecule has 1 atom stereocenters. The van der Waals surface area contributed by atoms with Crippen LogP contribution in [0.25, 0.3) is 0 Å². The highest BCUT2D eigenvalue weighted by Gasteiger charge is 2.37. The van der Waals surface area contributed by atoms with Crippen LogP contribution < -0.4 is 10.6 Å². The predicted octanol–water partition coefficient (Wildman–Crippen LogP) is 0.496. The monoisotopic (exact) mass is 371 g/mol. The van der Waals surface area contributed by atoms with Crippen molar-refractivity contribution in [3.05, 3.63) is 18.0 Å². The second-order valence-electron chi connectivity index (χ2n) is 6.33. The van der Waals surface area contributed by atoms with E-state index in [0.29, 0.717) is 23.9 Å². The van der Waals surface area contributed by atoms with Crippen molar-refractivity contribution in [1.29, 1.82) is 0 Å². The average molecular weight is 371 g/mol. The number of carbonyl (C=O) groups is 3. The summed E-state index contributed by atoms with van der Waals surface area (Å²) in [5, 5.41) is 8.83. The van der Waals surface area contributed by atoms with Gasteiger partial charge in [0.1, 0.15) is 6.04 Å². The lowest BCUT2D eigenvalue weighted by atomic mass is 9.85. The predicted molar refractivity (Wildman–Crippen MR) is 83.4 cm³/mol. The second kappa shape index (κ2) is 7.26. The maximum absolute atomic E-state index is 12.5. The number of nitrogens with zero attached hydrogens (tertiary/aromatic N) is 3. The number of cyclic esters (lactones) is 1. The summed E-state index contributed by atoms with van der Waals surface area (Å²) >= 11 is 0. The minimum Gasteiger partial charge on any atom is -0.449 e. The third-order valence-corrected chi connectivity index (χ3v) is 4.60. The first-order valence-electron chi connectivity index (χ1n) is 8.19. The Morgan fingerprint density at radius 2 is 2.19 bits per heavy atom. The lowest BCUT2D eigenvalue weighted by molar-refractivity contribution is -0.125. The van der Waals surface area contributed by atoms with E-state index >= 15 is 0 Å². The van der Waals surface area contributed by atoms with E-state index in [1.165, 1.54) is 11.0 Å². The number of hydrogen-bond acceptors (Lipinski definition) is 5. The number of carbonyl (C=O) groups excluding carboxylic acids is 3. The van der Waals surface area contributed by atoms with E-state index in [9.17, 15) is 23.2 Å². The van der Waals surface area contributed by atoms with E-state index in [4.69, 9.17) is 4.74 Å². The number of alkyl halides is 2. The Kier molecular flexibility index (Phi) is 5.05. The Morgan fingerprint density at radius 1 is 1.46 bits per heavy atom. The molecule has 0 spiro atoms. The first-order chi connectivity index (χ1) is 12.3. The molecule has 2 N–H and O–H groups in total. The molecule has 142 valence electrons. The Balaban J connectivity index is 1.47. The van der Waals surface area contributed by atoms with E-state index in [-0.39, 0.29) is 30.3 Å². The van der Waals surface area contributed by atoms with Crippen LogP contribution in [0.5, 0.6) is 0 Å². The van der Waals surface area contributed by atoms with Gasteiger partial charge in [0, 0.05) is 31.7 Å². The number of rotatable bonds is 5. The van der Waals surface area contributed by atoms with Crippen molar-refractivity contribution in [1.82, 2.24) is 25.3 Å². The quantitative estimate of drug-likeness (QED) is 0.784. The van der Waals surface area contributed by atoms with E-state index < -0.39 is 24.6 Å². The lowest BCUT2D eigenvalue weighted by Gasteiger charge is -2.41. The smallest absolute Gasteiger partial charge is 0.407 e. The summed E-state index contributed by atoms with van der Waals surface area (Å²) in [5.74, 6) is -0.731. The molecule has 1 aliphatic carbocycles. The number of ether oxygens (including phenoxy) is 1. The normalized spacial score (nSPS) is 25.1. The van der Waals surface area contributed by atoms with Gasteiger partial charge in [-0.05, 0) is 18.9 Å². The molecule has 0 radical (unpaired) electrons. The van der Waals surface area contributed by atoms with Crippen LogP contribution in [-0.2, 0) is 9.53 Å². The first kappa shape index (κ1) is 18.1. The van der Waals surface area contributed by atoms with Gasteiger partial charge < -0.3 is 20.3 Å². The Morgan fingerprint density at radius 3 is 2.81 bits per heavy atom. The largest absolute Gasteiger partial charge is 0.449 e. The summed E-state index contributed by atoms with van der Waals surface area (Å²) in [6, 6.07) is 0.402. The summed E-state index contributed by atoms with van der Waals surface area (Å²) < 4.78 is 30.2. The molecule has 26 heavy (non-hydrogen) atoms. The van der Waals surface area contributed by atoms with Crippen molar-refractivity contribution < 1.29 is 27.9 Å². The molecule has 3 rings (SSSR count). The van der Waals surface area contributed by atoms with Gasteiger partial charge >= 0.3 is 12.6 Å². The van der Waals surface area contributed by atoms with E-state index in [1.807, 2.05) is 0 Å². The molecule has 2 aliphatic rings. The van der Waals surface area contributed by atoms with Gasteiger partial charge in [0.05, 0.1) is 6.61 Å². The van der Waals surface area contributed by atoms with E-state index in [1.54, 1.807) is 7.05 Å². The van der Waals surface area contributed by atoms with Gasteiger partial charge in [0.15, 0.2) is 5.69 Å². The van der Waals surface area contributed by atoms with Crippen molar-refractivity contribution in [3.63, 3.8) is 0 Å². The molecular formula is C15H19F2N5O4. The van der Waals surface area contributed by atoms with Gasteiger partial charge in [-0.25, -0.2) is 9.48 Å². The average Bonchev–Trinajstić information content (AvgIpc) is 3.06. The van der Waals surface area contributed by atoms with Gasteiger partial charge in [-0.1, -0.05) is 0 Å². The van der Waals surface area contributed by atoms with Crippen molar-refractivity contribution in [2.75, 3.05) is 13.7 Å². The Labute approximate surface area is 147 Å². The number of amides is 3. The highest BCUT2D eigenvalue weighted by molar-refractivity contribution is 5.92. The van der Waals surface area contributed by atoms with Crippen LogP contribution in [0.1, 0.15) is 36.3 Å². The standard InChI is InChI=1S/C15H19F2N5O4/c1-21(13(24)11-2-4-22(20-11)14(16)17)9-6-8(7-9)18-12(23)10-3-5-26-15(25)19-10/h2,4,8-10,14H,3,5-7H2,1H3,(H,18,23)(H,19,25). The number of halogens is 2. The van der Waals surface area contributed by atoms with Crippen molar-refractivity contribution in [2.45, 2.75) is 43.9 Å². The van der Waals surface area contributed by atoms with E-state index in [0.717, 1.165) is 6.20 Å². The number of alkyl carbamates (subject to hydrolysis) is 1. The fourth-order valence-electron chi connectivity index (χ4n) is 2.95. The van der Waals surface area contributed by atoms with Crippen LogP contribution in [-0.4, -0.2) is 64.4 Å². The maximum Gasteiger partial charge on any atom is 0.407 e. The molecule has 3 amide bonds. The molecular weight excluding hydrogens is 352 g/mol. The minimum absolute atomic E-state index is 0.0507. The van der Waals surface area contributed by atoms with Crippen LogP contribution in [0.4, 0.5) is 13.6 Å². The van der Waals surface area contributed by atoms with Crippen LogP contribution >= 0.6 is 0 Å². The molecule has 1 aromatic rings. The highest BCUT2D eigenvalue weighted by atomic mass is 19.3. The van der Waals surface area contributed by atoms with Crippen LogP contribution in [0, 0.1) is 0 Å². The fourth-order valence-corrected chi connectivity index (χ4v) is 2.95. The summed E-state index contributed by atoms with van der Waals surface area (Å²) in [6.07, 6.45) is 1.93. The molecule has 1 aromatic heterocycles. The van der Waals surface area contributed by atoms with Crippen molar-refractivity contribution in [3.8, 4) is 0 Å². The Bertz CT molecular complexity index is 704. The molecule has 1 unspecified atom stereocenters. The summed E-state index contributed by atoms with van der Waals surface area (Å²) in [6.45, 7) is -2.60. The maximum atomic E-state index is 12.5. The minimum atomic E-state index is -2.80. The van der Waals surface area contributed by atoms with E-state index in [2.05, 4.69) is 15.7 Å². The van der Waals surface area contributed by atoms with Gasteiger partial charge in [-0.3, -0.25) is 9.59 Å². The number of nitrogens with one attached hydrogen (secondary N) is 2.